The summed E-state index contributed by atoms with van der Waals surface area (Å²) in [6.45, 7) is 8.68. The smallest absolute Gasteiger partial charge is 0.201 e. The Morgan fingerprint density at radius 3 is 2.30 bits per heavy atom. The molecule has 0 unspecified atom stereocenters. The molecule has 1 aromatic carbocycles. The summed E-state index contributed by atoms with van der Waals surface area (Å²) in [6.07, 6.45) is 2.15. The highest BCUT2D eigenvalue weighted by Gasteiger charge is 2.22. The summed E-state index contributed by atoms with van der Waals surface area (Å²) in [4.78, 5) is 0. The summed E-state index contributed by atoms with van der Waals surface area (Å²) >= 11 is 0. The highest BCUT2D eigenvalue weighted by Crippen LogP contribution is 2.29. The number of aromatic nitrogens is 1. The van der Waals surface area contributed by atoms with E-state index >= 15 is 0 Å². The fourth-order valence-corrected chi connectivity index (χ4v) is 2.81. The van der Waals surface area contributed by atoms with Gasteiger partial charge in [-0.25, -0.2) is 4.57 Å². The van der Waals surface area contributed by atoms with E-state index in [0.29, 0.717) is 5.56 Å². The molecular formula is C19H26N+. The first-order valence-electron chi connectivity index (χ1n) is 8.53. The molecule has 1 nitrogen and oxygen atoms in total. The summed E-state index contributed by atoms with van der Waals surface area (Å²) in [7, 11) is 2.03. The normalized spacial score (nSPS) is 14.6. The zero-order chi connectivity index (χ0) is 17.6. The molecule has 0 aliphatic rings. The summed E-state index contributed by atoms with van der Waals surface area (Å²) < 4.78 is 24.8. The molecule has 0 fully saturated rings. The van der Waals surface area contributed by atoms with Crippen molar-refractivity contribution in [2.45, 2.75) is 46.9 Å². The summed E-state index contributed by atoms with van der Waals surface area (Å²) in [5, 5.41) is 0. The van der Waals surface area contributed by atoms with Gasteiger partial charge in [-0.2, -0.15) is 0 Å². The SMILES string of the molecule is [2H]C([2H])([2H])c1ccc(-c2cc(C(C)(C)C)c(C)c[n+]2C)c(C)c1. The Kier molecular flexibility index (Phi) is 2.79. The summed E-state index contributed by atoms with van der Waals surface area (Å²) in [5.41, 5.74) is 6.20. The van der Waals surface area contributed by atoms with E-state index in [0.717, 1.165) is 16.8 Å². The van der Waals surface area contributed by atoms with Crippen LogP contribution in [0.2, 0.25) is 0 Å². The van der Waals surface area contributed by atoms with Crippen molar-refractivity contribution < 1.29 is 8.68 Å². The number of benzene rings is 1. The maximum atomic E-state index is 7.56. The number of rotatable bonds is 1. The first-order chi connectivity index (χ1) is 10.4. The van der Waals surface area contributed by atoms with Gasteiger partial charge in [-0.1, -0.05) is 38.5 Å². The maximum absolute atomic E-state index is 7.56. The molecule has 0 spiro atoms. The molecule has 0 aliphatic carbocycles. The van der Waals surface area contributed by atoms with Crippen molar-refractivity contribution in [2.75, 3.05) is 0 Å². The molecule has 0 saturated heterocycles. The molecule has 0 N–H and O–H groups in total. The predicted molar refractivity (Wildman–Crippen MR) is 86.0 cm³/mol. The number of hydrogen-bond acceptors (Lipinski definition) is 0. The molecule has 0 radical (unpaired) electrons. The molecular weight excluding hydrogens is 242 g/mol. The highest BCUT2D eigenvalue weighted by molar-refractivity contribution is 5.62. The van der Waals surface area contributed by atoms with Crippen LogP contribution in [0, 0.1) is 20.7 Å². The zero-order valence-electron chi connectivity index (χ0n) is 16.3. The number of pyridine rings is 1. The Balaban J connectivity index is 2.63. The van der Waals surface area contributed by atoms with Gasteiger partial charge in [0.15, 0.2) is 6.20 Å². The van der Waals surface area contributed by atoms with Crippen LogP contribution in [0.4, 0.5) is 0 Å². The van der Waals surface area contributed by atoms with E-state index in [1.165, 1.54) is 11.1 Å². The molecule has 1 heterocycles. The second-order valence-electron chi connectivity index (χ2n) is 6.65. The molecule has 0 bridgehead atoms. The first kappa shape index (κ1) is 11.1. The van der Waals surface area contributed by atoms with Crippen LogP contribution in [-0.2, 0) is 12.5 Å². The standard InChI is InChI=1S/C19H26N/c1-13-8-9-16(14(2)10-13)18-11-17(19(4,5)6)15(3)12-20(18)7/h8-12H,1-7H3/q+1/i1D3. The van der Waals surface area contributed by atoms with Gasteiger partial charge in [0.1, 0.15) is 7.05 Å². The Morgan fingerprint density at radius 2 is 1.75 bits per heavy atom. The van der Waals surface area contributed by atoms with Crippen molar-refractivity contribution >= 4 is 0 Å². The number of nitrogens with zero attached hydrogens (tertiary/aromatic N) is 1. The number of aryl methyl sites for hydroxylation is 4. The van der Waals surface area contributed by atoms with E-state index in [4.69, 9.17) is 4.11 Å². The molecule has 20 heavy (non-hydrogen) atoms. The lowest BCUT2D eigenvalue weighted by Crippen LogP contribution is -2.33. The van der Waals surface area contributed by atoms with Crippen LogP contribution < -0.4 is 4.57 Å². The van der Waals surface area contributed by atoms with Gasteiger partial charge < -0.3 is 0 Å². The van der Waals surface area contributed by atoms with Crippen LogP contribution in [0.15, 0.2) is 30.5 Å². The lowest BCUT2D eigenvalue weighted by Gasteiger charge is -2.21. The van der Waals surface area contributed by atoms with Gasteiger partial charge in [-0.05, 0) is 43.3 Å². The Labute approximate surface area is 127 Å². The quantitative estimate of drug-likeness (QED) is 0.677. The van der Waals surface area contributed by atoms with E-state index < -0.39 is 6.85 Å². The van der Waals surface area contributed by atoms with Crippen molar-refractivity contribution in [3.63, 3.8) is 0 Å². The minimum atomic E-state index is -2.06. The molecule has 1 aromatic heterocycles. The van der Waals surface area contributed by atoms with Crippen molar-refractivity contribution in [2.24, 2.45) is 7.05 Å². The summed E-state index contributed by atoms with van der Waals surface area (Å²) in [6, 6.07) is 7.64. The third-order valence-electron chi connectivity index (χ3n) is 3.78. The van der Waals surface area contributed by atoms with E-state index in [-0.39, 0.29) is 5.41 Å². The van der Waals surface area contributed by atoms with Gasteiger partial charge in [0.25, 0.3) is 0 Å². The van der Waals surface area contributed by atoms with Crippen molar-refractivity contribution in [1.82, 2.24) is 0 Å². The van der Waals surface area contributed by atoms with Gasteiger partial charge in [0.2, 0.25) is 5.69 Å². The molecule has 1 heteroatoms. The van der Waals surface area contributed by atoms with Crippen LogP contribution in [-0.4, -0.2) is 0 Å². The minimum Gasteiger partial charge on any atom is -0.201 e. The fourth-order valence-electron chi connectivity index (χ4n) is 2.81. The Morgan fingerprint density at radius 1 is 1.05 bits per heavy atom. The summed E-state index contributed by atoms with van der Waals surface area (Å²) in [5.74, 6) is 0. The Hall–Kier alpha value is -1.63. The van der Waals surface area contributed by atoms with Crippen molar-refractivity contribution in [3.8, 4) is 11.3 Å². The topological polar surface area (TPSA) is 3.88 Å². The highest BCUT2D eigenvalue weighted by atomic mass is 14.9. The second kappa shape index (κ2) is 5.05. The van der Waals surface area contributed by atoms with E-state index in [1.807, 2.05) is 20.0 Å². The average molecular weight is 271 g/mol. The fraction of sp³-hybridized carbons (Fsp3) is 0.421. The maximum Gasteiger partial charge on any atom is 0.212 e. The monoisotopic (exact) mass is 271 g/mol. The predicted octanol–water partition coefficient (Wildman–Crippen LogP) is 4.40. The van der Waals surface area contributed by atoms with Crippen LogP contribution in [0.5, 0.6) is 0 Å². The molecule has 0 amide bonds. The van der Waals surface area contributed by atoms with Crippen molar-refractivity contribution in [1.29, 1.82) is 0 Å². The van der Waals surface area contributed by atoms with E-state index in [9.17, 15) is 0 Å². The lowest BCUT2D eigenvalue weighted by atomic mass is 9.83. The number of hydrogen-bond donors (Lipinski definition) is 0. The third kappa shape index (κ3) is 2.77. The minimum absolute atomic E-state index is 0.0691. The molecule has 2 aromatic rings. The van der Waals surface area contributed by atoms with Crippen LogP contribution in [0.25, 0.3) is 11.3 Å². The third-order valence-corrected chi connectivity index (χ3v) is 3.78. The van der Waals surface area contributed by atoms with Gasteiger partial charge in [0.05, 0.1) is 0 Å². The molecule has 0 saturated carbocycles. The van der Waals surface area contributed by atoms with E-state index in [1.54, 1.807) is 12.1 Å². The van der Waals surface area contributed by atoms with Crippen molar-refractivity contribution in [3.05, 3.63) is 52.7 Å². The van der Waals surface area contributed by atoms with Crippen LogP contribution in [0.3, 0.4) is 0 Å². The van der Waals surface area contributed by atoms with E-state index in [2.05, 4.69) is 44.5 Å². The van der Waals surface area contributed by atoms with Gasteiger partial charge in [-0.3, -0.25) is 0 Å². The molecule has 106 valence electrons. The zero-order valence-corrected chi connectivity index (χ0v) is 13.3. The largest absolute Gasteiger partial charge is 0.212 e. The Bertz CT molecular complexity index is 738. The molecule has 0 atom stereocenters. The lowest BCUT2D eigenvalue weighted by molar-refractivity contribution is -0.660. The second-order valence-corrected chi connectivity index (χ2v) is 6.65. The van der Waals surface area contributed by atoms with Gasteiger partial charge in [-0.15, -0.1) is 0 Å². The van der Waals surface area contributed by atoms with Gasteiger partial charge >= 0.3 is 0 Å². The first-order valence-corrected chi connectivity index (χ1v) is 7.03. The van der Waals surface area contributed by atoms with Gasteiger partial charge in [0, 0.05) is 21.3 Å². The van der Waals surface area contributed by atoms with Crippen LogP contribution in [0.1, 0.15) is 47.1 Å². The average Bonchev–Trinajstić information content (AvgIpc) is 2.36. The van der Waals surface area contributed by atoms with Crippen LogP contribution >= 0.6 is 0 Å². The molecule has 2 rings (SSSR count). The molecule has 0 aliphatic heterocycles.